The zero-order valence-corrected chi connectivity index (χ0v) is 12.0. The number of hydrogen-bond acceptors (Lipinski definition) is 1. The highest BCUT2D eigenvalue weighted by Gasteiger charge is 2.38. The molecule has 0 amide bonds. The molecule has 98 valence electrons. The molecule has 3 atom stereocenters. The first-order chi connectivity index (χ1) is 8.72. The van der Waals surface area contributed by atoms with Crippen LogP contribution in [0.4, 0.5) is 0 Å². The Balaban J connectivity index is 1.50. The van der Waals surface area contributed by atoms with Gasteiger partial charge in [-0.15, -0.1) is 0 Å². The van der Waals surface area contributed by atoms with E-state index in [4.69, 9.17) is 23.2 Å². The summed E-state index contributed by atoms with van der Waals surface area (Å²) in [5.41, 5.74) is 1.14. The van der Waals surface area contributed by atoms with Crippen LogP contribution in [0.5, 0.6) is 0 Å². The summed E-state index contributed by atoms with van der Waals surface area (Å²) in [5, 5.41) is 5.03. The van der Waals surface area contributed by atoms with Crippen LogP contribution in [0.15, 0.2) is 18.2 Å². The summed E-state index contributed by atoms with van der Waals surface area (Å²) in [7, 11) is 0. The molecule has 3 rings (SSSR count). The Hall–Kier alpha value is -0.240. The molecular weight excluding hydrogens is 265 g/mol. The Morgan fingerprint density at radius 1 is 1.17 bits per heavy atom. The summed E-state index contributed by atoms with van der Waals surface area (Å²) < 4.78 is 0. The van der Waals surface area contributed by atoms with E-state index in [1.165, 1.54) is 25.7 Å². The Labute approximate surface area is 119 Å². The number of rotatable bonds is 4. The lowest BCUT2D eigenvalue weighted by Gasteiger charge is -2.22. The van der Waals surface area contributed by atoms with Gasteiger partial charge in [0.05, 0.1) is 0 Å². The van der Waals surface area contributed by atoms with Gasteiger partial charge >= 0.3 is 0 Å². The van der Waals surface area contributed by atoms with Crippen molar-refractivity contribution in [3.63, 3.8) is 0 Å². The van der Waals surface area contributed by atoms with Crippen molar-refractivity contribution in [2.75, 3.05) is 6.54 Å². The summed E-state index contributed by atoms with van der Waals surface area (Å²) in [6.45, 7) is 1.99. The van der Waals surface area contributed by atoms with Crippen LogP contribution < -0.4 is 5.32 Å². The second-order valence-electron chi connectivity index (χ2n) is 5.80. The number of benzene rings is 1. The Morgan fingerprint density at radius 3 is 2.72 bits per heavy atom. The molecule has 2 fully saturated rings. The second-order valence-corrected chi connectivity index (χ2v) is 6.65. The molecule has 2 bridgehead atoms. The Morgan fingerprint density at radius 2 is 2.06 bits per heavy atom. The largest absolute Gasteiger partial charge is 0.312 e. The van der Waals surface area contributed by atoms with Crippen molar-refractivity contribution in [3.8, 4) is 0 Å². The normalized spacial score (nSPS) is 30.0. The number of fused-ring (bicyclic) bond motifs is 2. The van der Waals surface area contributed by atoms with E-state index in [1.54, 1.807) is 0 Å². The average Bonchev–Trinajstić information content (AvgIpc) is 2.94. The summed E-state index contributed by atoms with van der Waals surface area (Å²) in [6, 6.07) is 5.73. The summed E-state index contributed by atoms with van der Waals surface area (Å²) in [5.74, 6) is 2.92. The third kappa shape index (κ3) is 2.68. The standard InChI is InChI=1S/C15H19Cl2N/c16-14-4-3-12(15(17)7-14)8-18-9-13-6-10-1-2-11(13)5-10/h3-4,7,10-11,13,18H,1-2,5-6,8-9H2. The fraction of sp³-hybridized carbons (Fsp3) is 0.600. The molecule has 2 aliphatic carbocycles. The molecule has 0 aromatic heterocycles. The molecule has 0 saturated heterocycles. The van der Waals surface area contributed by atoms with Gasteiger partial charge in [0.1, 0.15) is 0 Å². The van der Waals surface area contributed by atoms with Crippen LogP contribution in [0.25, 0.3) is 0 Å². The molecule has 3 heteroatoms. The topological polar surface area (TPSA) is 12.0 Å². The van der Waals surface area contributed by atoms with Crippen molar-refractivity contribution in [1.82, 2.24) is 5.32 Å². The first-order valence-corrected chi connectivity index (χ1v) is 7.62. The molecule has 1 aromatic carbocycles. The minimum absolute atomic E-state index is 0.705. The fourth-order valence-corrected chi connectivity index (χ4v) is 4.16. The Bertz CT molecular complexity index is 433. The summed E-state index contributed by atoms with van der Waals surface area (Å²) in [6.07, 6.45) is 5.85. The summed E-state index contributed by atoms with van der Waals surface area (Å²) in [4.78, 5) is 0. The van der Waals surface area contributed by atoms with Crippen molar-refractivity contribution < 1.29 is 0 Å². The van der Waals surface area contributed by atoms with Crippen LogP contribution in [0, 0.1) is 17.8 Å². The maximum Gasteiger partial charge on any atom is 0.0465 e. The quantitative estimate of drug-likeness (QED) is 0.857. The van der Waals surface area contributed by atoms with Crippen LogP contribution >= 0.6 is 23.2 Å². The lowest BCUT2D eigenvalue weighted by atomic mass is 9.89. The van der Waals surface area contributed by atoms with Crippen molar-refractivity contribution in [1.29, 1.82) is 0 Å². The number of nitrogens with one attached hydrogen (secondary N) is 1. The highest BCUT2D eigenvalue weighted by Crippen LogP contribution is 2.47. The van der Waals surface area contributed by atoms with Gasteiger partial charge in [-0.1, -0.05) is 35.7 Å². The van der Waals surface area contributed by atoms with Crippen LogP contribution in [-0.2, 0) is 6.54 Å². The maximum absolute atomic E-state index is 6.16. The predicted molar refractivity (Wildman–Crippen MR) is 77.1 cm³/mol. The van der Waals surface area contributed by atoms with Crippen molar-refractivity contribution in [2.45, 2.75) is 32.2 Å². The highest BCUT2D eigenvalue weighted by molar-refractivity contribution is 6.35. The van der Waals surface area contributed by atoms with Crippen molar-refractivity contribution >= 4 is 23.2 Å². The molecule has 1 nitrogen and oxygen atoms in total. The van der Waals surface area contributed by atoms with E-state index in [2.05, 4.69) is 5.32 Å². The monoisotopic (exact) mass is 283 g/mol. The smallest absolute Gasteiger partial charge is 0.0465 e. The van der Waals surface area contributed by atoms with Gasteiger partial charge in [0, 0.05) is 16.6 Å². The molecule has 18 heavy (non-hydrogen) atoms. The van der Waals surface area contributed by atoms with E-state index in [0.717, 1.165) is 41.4 Å². The maximum atomic E-state index is 6.16. The second kappa shape index (κ2) is 5.40. The van der Waals surface area contributed by atoms with E-state index in [0.29, 0.717) is 5.02 Å². The highest BCUT2D eigenvalue weighted by atomic mass is 35.5. The third-order valence-electron chi connectivity index (χ3n) is 4.62. The van der Waals surface area contributed by atoms with Crippen molar-refractivity contribution in [3.05, 3.63) is 33.8 Å². The van der Waals surface area contributed by atoms with Gasteiger partial charge < -0.3 is 5.32 Å². The van der Waals surface area contributed by atoms with Crippen LogP contribution in [-0.4, -0.2) is 6.54 Å². The zero-order chi connectivity index (χ0) is 12.5. The lowest BCUT2D eigenvalue weighted by molar-refractivity contribution is 0.318. The SMILES string of the molecule is Clc1ccc(CNCC2CC3CCC2C3)c(Cl)c1. The Kier molecular flexibility index (Phi) is 3.83. The lowest BCUT2D eigenvalue weighted by Crippen LogP contribution is -2.26. The zero-order valence-electron chi connectivity index (χ0n) is 10.5. The molecular formula is C15H19Cl2N. The molecule has 3 unspecified atom stereocenters. The van der Waals surface area contributed by atoms with Gasteiger partial charge in [0.25, 0.3) is 0 Å². The molecule has 2 saturated carbocycles. The van der Waals surface area contributed by atoms with E-state index in [1.807, 2.05) is 18.2 Å². The van der Waals surface area contributed by atoms with E-state index in [-0.39, 0.29) is 0 Å². The fourth-order valence-electron chi connectivity index (χ4n) is 3.68. The van der Waals surface area contributed by atoms with E-state index in [9.17, 15) is 0 Å². The number of halogens is 2. The van der Waals surface area contributed by atoms with Gasteiger partial charge in [-0.25, -0.2) is 0 Å². The van der Waals surface area contributed by atoms with Gasteiger partial charge in [-0.3, -0.25) is 0 Å². The van der Waals surface area contributed by atoms with Crippen LogP contribution in [0.3, 0.4) is 0 Å². The van der Waals surface area contributed by atoms with Gasteiger partial charge in [0.15, 0.2) is 0 Å². The van der Waals surface area contributed by atoms with E-state index < -0.39 is 0 Å². The molecule has 1 N–H and O–H groups in total. The predicted octanol–water partition coefficient (Wildman–Crippen LogP) is 4.52. The van der Waals surface area contributed by atoms with Gasteiger partial charge in [0.2, 0.25) is 0 Å². The minimum atomic E-state index is 0.705. The van der Waals surface area contributed by atoms with Crippen LogP contribution in [0.1, 0.15) is 31.2 Å². The molecule has 0 aliphatic heterocycles. The average molecular weight is 284 g/mol. The minimum Gasteiger partial charge on any atom is -0.312 e. The summed E-state index contributed by atoms with van der Waals surface area (Å²) >= 11 is 12.1. The molecule has 2 aliphatic rings. The van der Waals surface area contributed by atoms with Crippen molar-refractivity contribution in [2.24, 2.45) is 17.8 Å². The van der Waals surface area contributed by atoms with Crippen LogP contribution in [0.2, 0.25) is 10.0 Å². The van der Waals surface area contributed by atoms with Gasteiger partial charge in [-0.2, -0.15) is 0 Å². The molecule has 0 radical (unpaired) electrons. The number of hydrogen-bond donors (Lipinski definition) is 1. The van der Waals surface area contributed by atoms with E-state index >= 15 is 0 Å². The third-order valence-corrected chi connectivity index (χ3v) is 5.21. The molecule has 1 aromatic rings. The first-order valence-electron chi connectivity index (χ1n) is 6.87. The van der Waals surface area contributed by atoms with Gasteiger partial charge in [-0.05, 0) is 61.3 Å². The first kappa shape index (κ1) is 12.8. The molecule has 0 spiro atoms. The molecule has 0 heterocycles.